The second kappa shape index (κ2) is 6.79. The van der Waals surface area contributed by atoms with E-state index in [2.05, 4.69) is 16.1 Å². The molecule has 4 nitrogen and oxygen atoms in total. The van der Waals surface area contributed by atoms with Crippen LogP contribution in [0, 0.1) is 6.92 Å². The van der Waals surface area contributed by atoms with Crippen molar-refractivity contribution >= 4 is 12.3 Å². The lowest BCUT2D eigenvalue weighted by Gasteiger charge is -2.14. The van der Waals surface area contributed by atoms with Gasteiger partial charge in [0.25, 0.3) is 0 Å². The largest absolute Gasteiger partial charge is 0.466 e. The molecule has 0 fully saturated rings. The van der Waals surface area contributed by atoms with Crippen molar-refractivity contribution in [1.82, 2.24) is 0 Å². The quantitative estimate of drug-likeness (QED) is 0.458. The summed E-state index contributed by atoms with van der Waals surface area (Å²) in [5, 5.41) is 0. The Morgan fingerprint density at radius 3 is 2.50 bits per heavy atom. The fraction of sp³-hybridized carbons (Fsp3) is 0.286. The molecular formula is C14H14F2O4. The molecule has 0 amide bonds. The number of carbonyl (C=O) groups is 2. The molecule has 108 valence electrons. The molecule has 0 N–H and O–H groups in total. The van der Waals surface area contributed by atoms with Gasteiger partial charge in [0, 0.05) is 5.57 Å². The minimum Gasteiger partial charge on any atom is -0.466 e. The van der Waals surface area contributed by atoms with Gasteiger partial charge in [-0.25, -0.2) is 4.79 Å². The number of aldehydes is 1. The molecule has 0 aliphatic heterocycles. The molecule has 1 atom stereocenters. The molecule has 1 aromatic rings. The molecule has 0 saturated carbocycles. The monoisotopic (exact) mass is 284 g/mol. The van der Waals surface area contributed by atoms with E-state index in [4.69, 9.17) is 0 Å². The topological polar surface area (TPSA) is 52.6 Å². The van der Waals surface area contributed by atoms with Gasteiger partial charge in [-0.15, -0.1) is 0 Å². The van der Waals surface area contributed by atoms with Gasteiger partial charge in [-0.2, -0.15) is 8.78 Å². The number of benzene rings is 1. The highest BCUT2D eigenvalue weighted by molar-refractivity contribution is 5.94. The number of rotatable bonds is 6. The van der Waals surface area contributed by atoms with Gasteiger partial charge in [0.05, 0.1) is 13.0 Å². The summed E-state index contributed by atoms with van der Waals surface area (Å²) in [7, 11) is 1.18. The molecular weight excluding hydrogens is 270 g/mol. The van der Waals surface area contributed by atoms with Gasteiger partial charge in [-0.05, 0) is 24.1 Å². The van der Waals surface area contributed by atoms with Gasteiger partial charge in [0.1, 0.15) is 12.0 Å². The van der Waals surface area contributed by atoms with E-state index in [1.165, 1.54) is 25.3 Å². The number of methoxy groups -OCH3 is 1. The molecule has 1 aromatic carbocycles. The maximum absolute atomic E-state index is 12.2. The highest BCUT2D eigenvalue weighted by Gasteiger charge is 2.22. The molecule has 0 spiro atoms. The zero-order chi connectivity index (χ0) is 15.3. The van der Waals surface area contributed by atoms with Gasteiger partial charge < -0.3 is 14.3 Å². The molecule has 0 radical (unpaired) electrons. The van der Waals surface area contributed by atoms with E-state index in [1.807, 2.05) is 0 Å². The molecule has 0 aromatic heterocycles. The predicted octanol–water partition coefficient (Wildman–Crippen LogP) is 2.61. The Labute approximate surface area is 115 Å². The Bertz CT molecular complexity index is 526. The van der Waals surface area contributed by atoms with Crippen molar-refractivity contribution < 1.29 is 27.8 Å². The van der Waals surface area contributed by atoms with Crippen LogP contribution >= 0.6 is 0 Å². The van der Waals surface area contributed by atoms with Crippen molar-refractivity contribution in [3.63, 3.8) is 0 Å². The van der Waals surface area contributed by atoms with E-state index in [0.29, 0.717) is 17.4 Å². The average molecular weight is 284 g/mol. The van der Waals surface area contributed by atoms with Crippen molar-refractivity contribution in [1.29, 1.82) is 0 Å². The molecule has 20 heavy (non-hydrogen) atoms. The molecule has 1 rings (SSSR count). The molecule has 0 saturated heterocycles. The summed E-state index contributed by atoms with van der Waals surface area (Å²) < 4.78 is 33.1. The fourth-order valence-electron chi connectivity index (χ4n) is 1.71. The van der Waals surface area contributed by atoms with Gasteiger partial charge in [-0.1, -0.05) is 18.7 Å². The first-order chi connectivity index (χ1) is 9.40. The second-order valence-electron chi connectivity index (χ2n) is 4.03. The number of esters is 1. The van der Waals surface area contributed by atoms with Crippen LogP contribution in [0.3, 0.4) is 0 Å². The van der Waals surface area contributed by atoms with E-state index in [-0.39, 0.29) is 11.3 Å². The van der Waals surface area contributed by atoms with Crippen molar-refractivity contribution in [2.45, 2.75) is 19.5 Å². The summed E-state index contributed by atoms with van der Waals surface area (Å²) in [5.41, 5.74) is 0.853. The van der Waals surface area contributed by atoms with Crippen LogP contribution in [-0.4, -0.2) is 26.0 Å². The summed E-state index contributed by atoms with van der Waals surface area (Å²) >= 11 is 0. The van der Waals surface area contributed by atoms with Crippen LogP contribution in [0.25, 0.3) is 0 Å². The summed E-state index contributed by atoms with van der Waals surface area (Å²) in [5.74, 6) is -1.58. The summed E-state index contributed by atoms with van der Waals surface area (Å²) in [6.07, 6.45) is 0.543. The Hall–Kier alpha value is -2.24. The van der Waals surface area contributed by atoms with E-state index in [1.54, 1.807) is 6.92 Å². The Morgan fingerprint density at radius 1 is 1.40 bits per heavy atom. The van der Waals surface area contributed by atoms with Gasteiger partial charge >= 0.3 is 12.6 Å². The average Bonchev–Trinajstić information content (AvgIpc) is 2.41. The third-order valence-corrected chi connectivity index (χ3v) is 2.73. The summed E-state index contributed by atoms with van der Waals surface area (Å²) in [4.78, 5) is 22.5. The maximum Gasteiger partial charge on any atom is 0.387 e. The molecule has 0 bridgehead atoms. The number of halogens is 2. The molecule has 6 heteroatoms. The Morgan fingerprint density at radius 2 is 2.05 bits per heavy atom. The Balaban J connectivity index is 3.06. The first-order valence-corrected chi connectivity index (χ1v) is 5.68. The predicted molar refractivity (Wildman–Crippen MR) is 67.8 cm³/mol. The summed E-state index contributed by atoms with van der Waals surface area (Å²) in [6.45, 7) is 2.15. The lowest BCUT2D eigenvalue weighted by Crippen LogP contribution is -2.14. The van der Waals surface area contributed by atoms with Crippen LogP contribution in [0.5, 0.6) is 5.75 Å². The third kappa shape index (κ3) is 3.63. The minimum atomic E-state index is -2.92. The molecule has 0 aliphatic carbocycles. The van der Waals surface area contributed by atoms with Gasteiger partial charge in [0.15, 0.2) is 0 Å². The normalized spacial score (nSPS) is 11.8. The SMILES string of the molecule is C=C(C(=O)OC)C(C=O)c1ccc(OC(F)F)c(C)c1. The fourth-order valence-corrected chi connectivity index (χ4v) is 1.71. The zero-order valence-electron chi connectivity index (χ0n) is 11.1. The molecule has 0 heterocycles. The number of hydrogen-bond donors (Lipinski definition) is 0. The third-order valence-electron chi connectivity index (χ3n) is 2.73. The van der Waals surface area contributed by atoms with Crippen molar-refractivity contribution in [3.05, 3.63) is 41.5 Å². The van der Waals surface area contributed by atoms with Crippen LogP contribution in [0.2, 0.25) is 0 Å². The van der Waals surface area contributed by atoms with Crippen LogP contribution in [-0.2, 0) is 14.3 Å². The van der Waals surface area contributed by atoms with Crippen LogP contribution in [0.4, 0.5) is 8.78 Å². The van der Waals surface area contributed by atoms with Crippen LogP contribution in [0.15, 0.2) is 30.4 Å². The number of carbonyl (C=O) groups excluding carboxylic acids is 2. The number of alkyl halides is 2. The smallest absolute Gasteiger partial charge is 0.387 e. The van der Waals surface area contributed by atoms with Gasteiger partial charge in [-0.3, -0.25) is 0 Å². The van der Waals surface area contributed by atoms with Crippen molar-refractivity contribution in [2.24, 2.45) is 0 Å². The number of hydrogen-bond acceptors (Lipinski definition) is 4. The standard InChI is InChI=1S/C14H14F2O4/c1-8-6-10(4-5-12(8)20-14(15)16)11(7-17)9(2)13(18)19-3/h4-7,11,14H,2H2,1,3H3. The lowest BCUT2D eigenvalue weighted by molar-refractivity contribution is -0.136. The van der Waals surface area contributed by atoms with Crippen molar-refractivity contribution in [3.8, 4) is 5.75 Å². The highest BCUT2D eigenvalue weighted by atomic mass is 19.3. The highest BCUT2D eigenvalue weighted by Crippen LogP contribution is 2.28. The van der Waals surface area contributed by atoms with E-state index in [9.17, 15) is 18.4 Å². The second-order valence-corrected chi connectivity index (χ2v) is 4.03. The number of aryl methyl sites for hydroxylation is 1. The Kier molecular flexibility index (Phi) is 5.37. The molecule has 0 aliphatic rings. The number of ether oxygens (including phenoxy) is 2. The van der Waals surface area contributed by atoms with E-state index >= 15 is 0 Å². The minimum absolute atomic E-state index is 0.0112. The van der Waals surface area contributed by atoms with E-state index in [0.717, 1.165) is 0 Å². The lowest BCUT2D eigenvalue weighted by atomic mass is 9.92. The maximum atomic E-state index is 12.2. The zero-order valence-corrected chi connectivity index (χ0v) is 11.1. The van der Waals surface area contributed by atoms with E-state index < -0.39 is 18.5 Å². The van der Waals surface area contributed by atoms with Crippen molar-refractivity contribution in [2.75, 3.05) is 7.11 Å². The first kappa shape index (κ1) is 15.8. The molecule has 1 unspecified atom stereocenters. The summed E-state index contributed by atoms with van der Waals surface area (Å²) in [6, 6.07) is 4.24. The van der Waals surface area contributed by atoms with Crippen LogP contribution in [0.1, 0.15) is 17.0 Å². The van der Waals surface area contributed by atoms with Crippen LogP contribution < -0.4 is 4.74 Å². The first-order valence-electron chi connectivity index (χ1n) is 5.68. The van der Waals surface area contributed by atoms with Gasteiger partial charge in [0.2, 0.25) is 0 Å².